The molecule has 38 heavy (non-hydrogen) atoms. The summed E-state index contributed by atoms with van der Waals surface area (Å²) in [5.74, 6) is 0.373. The van der Waals surface area contributed by atoms with Crippen molar-refractivity contribution < 1.29 is 13.6 Å². The van der Waals surface area contributed by atoms with Gasteiger partial charge in [0.15, 0.2) is 11.5 Å². The third kappa shape index (κ3) is 4.98. The van der Waals surface area contributed by atoms with Crippen molar-refractivity contribution in [3.63, 3.8) is 0 Å². The molecule has 0 saturated carbocycles. The molecule has 1 unspecified atom stereocenters. The highest BCUT2D eigenvalue weighted by Gasteiger charge is 2.23. The molecule has 0 saturated heterocycles. The van der Waals surface area contributed by atoms with Crippen LogP contribution in [0, 0.1) is 6.92 Å². The van der Waals surface area contributed by atoms with Crippen molar-refractivity contribution in [3.8, 4) is 11.1 Å². The van der Waals surface area contributed by atoms with Crippen LogP contribution < -0.4 is 4.31 Å². The highest BCUT2D eigenvalue weighted by atomic mass is 32.2. The van der Waals surface area contributed by atoms with E-state index in [1.807, 2.05) is 37.3 Å². The summed E-state index contributed by atoms with van der Waals surface area (Å²) < 4.78 is 27.2. The quantitative estimate of drug-likeness (QED) is 0.257. The van der Waals surface area contributed by atoms with Gasteiger partial charge in [-0.3, -0.25) is 9.00 Å². The molecule has 0 aliphatic heterocycles. The van der Waals surface area contributed by atoms with Crippen molar-refractivity contribution in [3.05, 3.63) is 108 Å². The zero-order chi connectivity index (χ0) is 26.6. The molecule has 0 aliphatic carbocycles. The summed E-state index contributed by atoms with van der Waals surface area (Å²) in [7, 11) is 0. The number of aryl methyl sites for hydroxylation is 2. The van der Waals surface area contributed by atoms with Crippen LogP contribution in [0.15, 0.2) is 85.2 Å². The lowest BCUT2D eigenvalue weighted by molar-refractivity contribution is 0.100. The lowest BCUT2D eigenvalue weighted by atomic mass is 10.0. The van der Waals surface area contributed by atoms with Gasteiger partial charge in [0.05, 0.1) is 17.8 Å². The number of benzene rings is 2. The van der Waals surface area contributed by atoms with E-state index < -0.39 is 17.2 Å². The molecular formula is C29H26N5O3S-. The number of rotatable bonds is 8. The van der Waals surface area contributed by atoms with E-state index >= 15 is 0 Å². The first-order valence-corrected chi connectivity index (χ1v) is 13.3. The fraction of sp³-hybridized carbons (Fsp3) is 0.172. The van der Waals surface area contributed by atoms with E-state index in [2.05, 4.69) is 21.5 Å². The molecule has 0 bridgehead atoms. The van der Waals surface area contributed by atoms with Crippen LogP contribution in [0.25, 0.3) is 22.3 Å². The minimum atomic E-state index is -2.86. The second-order valence-electron chi connectivity index (χ2n) is 8.92. The fourth-order valence-electron chi connectivity index (χ4n) is 4.45. The Morgan fingerprint density at radius 1 is 0.974 bits per heavy atom. The lowest BCUT2D eigenvalue weighted by Crippen LogP contribution is -2.33. The zero-order valence-electron chi connectivity index (χ0n) is 21.1. The van der Waals surface area contributed by atoms with Crippen molar-refractivity contribution in [1.29, 1.82) is 0 Å². The van der Waals surface area contributed by atoms with Crippen molar-refractivity contribution in [1.82, 2.24) is 19.5 Å². The van der Waals surface area contributed by atoms with Crippen LogP contribution >= 0.6 is 0 Å². The number of imidazole rings is 1. The van der Waals surface area contributed by atoms with Gasteiger partial charge in [-0.2, -0.15) is 0 Å². The monoisotopic (exact) mass is 524 g/mol. The third-order valence-electron chi connectivity index (χ3n) is 6.33. The first-order chi connectivity index (χ1) is 18.5. The van der Waals surface area contributed by atoms with E-state index in [-0.39, 0.29) is 11.4 Å². The van der Waals surface area contributed by atoms with Gasteiger partial charge in [0, 0.05) is 29.9 Å². The number of nitrogens with zero attached hydrogens (tertiary/aromatic N) is 5. The second-order valence-corrected chi connectivity index (χ2v) is 9.72. The van der Waals surface area contributed by atoms with E-state index in [0.717, 1.165) is 46.5 Å². The molecule has 3 heterocycles. The molecule has 5 rings (SSSR count). The average Bonchev–Trinajstić information content (AvgIpc) is 3.28. The number of carbonyl (C=O) groups excluding carboxylic acids is 1. The second kappa shape index (κ2) is 11.0. The van der Waals surface area contributed by atoms with Crippen LogP contribution in [-0.2, 0) is 24.2 Å². The van der Waals surface area contributed by atoms with Crippen LogP contribution in [0.1, 0.15) is 40.7 Å². The molecule has 0 N–H and O–H groups in total. The minimum absolute atomic E-state index is 0.0490. The van der Waals surface area contributed by atoms with E-state index in [1.165, 1.54) is 6.20 Å². The Balaban J connectivity index is 1.49. The molecule has 1 atom stereocenters. The van der Waals surface area contributed by atoms with E-state index in [4.69, 9.17) is 4.98 Å². The van der Waals surface area contributed by atoms with Gasteiger partial charge >= 0.3 is 0 Å². The molecule has 0 spiro atoms. The highest BCUT2D eigenvalue weighted by Crippen LogP contribution is 2.31. The molecule has 0 fully saturated rings. The summed E-state index contributed by atoms with van der Waals surface area (Å²) in [6, 6.07) is 21.5. The first-order valence-electron chi connectivity index (χ1n) is 12.3. The largest absolute Gasteiger partial charge is 0.755 e. The number of anilines is 1. The molecule has 9 heteroatoms. The van der Waals surface area contributed by atoms with Gasteiger partial charge < -0.3 is 9.12 Å². The molecule has 0 aliphatic rings. The maximum Gasteiger partial charge on any atom is 0.270 e. The standard InChI is InChI=1S/C29H27N5O3S/c1-3-8-25-32-26-20(2)16-18-31-28(26)33(25)19-21-12-14-22(15-13-21)24-11-7-17-30-27(24)34(38(36)37)29(35)23-9-5-4-6-10-23/h4-7,9-18H,3,8,19H2,1-2H3,(H,36,37)/p-1. The summed E-state index contributed by atoms with van der Waals surface area (Å²) in [4.78, 5) is 26.8. The van der Waals surface area contributed by atoms with Gasteiger partial charge in [0.1, 0.15) is 11.3 Å². The first kappa shape index (κ1) is 25.4. The Bertz CT molecular complexity index is 1620. The molecule has 0 radical (unpaired) electrons. The number of hydrogen-bond donors (Lipinski definition) is 0. The Morgan fingerprint density at radius 2 is 1.74 bits per heavy atom. The smallest absolute Gasteiger partial charge is 0.270 e. The topological polar surface area (TPSA) is 104 Å². The summed E-state index contributed by atoms with van der Waals surface area (Å²) in [5.41, 5.74) is 5.44. The Kier molecular flexibility index (Phi) is 7.39. The molecule has 5 aromatic rings. The number of pyridine rings is 2. The van der Waals surface area contributed by atoms with E-state index in [1.54, 1.807) is 48.7 Å². The van der Waals surface area contributed by atoms with E-state index in [9.17, 15) is 13.6 Å². The van der Waals surface area contributed by atoms with Crippen LogP contribution in [0.3, 0.4) is 0 Å². The van der Waals surface area contributed by atoms with Gasteiger partial charge in [-0.1, -0.05) is 49.4 Å². The predicted octanol–water partition coefficient (Wildman–Crippen LogP) is 5.24. The Hall–Kier alpha value is -4.21. The average molecular weight is 525 g/mol. The number of carbonyl (C=O) groups is 1. The molecule has 8 nitrogen and oxygen atoms in total. The summed E-state index contributed by atoms with van der Waals surface area (Å²) in [6.45, 7) is 4.77. The summed E-state index contributed by atoms with van der Waals surface area (Å²) in [6.07, 6.45) is 5.11. The van der Waals surface area contributed by atoms with Crippen LogP contribution in [0.4, 0.5) is 5.82 Å². The van der Waals surface area contributed by atoms with Gasteiger partial charge in [0.25, 0.3) is 5.91 Å². The molecule has 2 aromatic carbocycles. The highest BCUT2D eigenvalue weighted by molar-refractivity contribution is 7.81. The Labute approximate surface area is 223 Å². The third-order valence-corrected chi connectivity index (χ3v) is 6.96. The fourth-order valence-corrected chi connectivity index (χ4v) is 4.98. The summed E-state index contributed by atoms with van der Waals surface area (Å²) in [5, 5.41) is 0. The van der Waals surface area contributed by atoms with Crippen LogP contribution in [0.5, 0.6) is 0 Å². The van der Waals surface area contributed by atoms with Crippen molar-refractivity contribution in [2.45, 2.75) is 33.2 Å². The number of hydrogen-bond acceptors (Lipinski definition) is 6. The zero-order valence-corrected chi connectivity index (χ0v) is 21.9. The minimum Gasteiger partial charge on any atom is -0.755 e. The maximum absolute atomic E-state index is 13.1. The van der Waals surface area contributed by atoms with Gasteiger partial charge in [-0.25, -0.2) is 19.3 Å². The maximum atomic E-state index is 13.1. The van der Waals surface area contributed by atoms with Crippen molar-refractivity contribution in [2.24, 2.45) is 0 Å². The lowest BCUT2D eigenvalue weighted by Gasteiger charge is -2.25. The van der Waals surface area contributed by atoms with Crippen molar-refractivity contribution >= 4 is 34.2 Å². The number of aromatic nitrogens is 4. The number of amides is 1. The Morgan fingerprint density at radius 3 is 2.45 bits per heavy atom. The predicted molar refractivity (Wildman–Crippen MR) is 147 cm³/mol. The van der Waals surface area contributed by atoms with Gasteiger partial charge in [-0.05, 0) is 60.4 Å². The molecule has 1 amide bonds. The number of fused-ring (bicyclic) bond motifs is 1. The van der Waals surface area contributed by atoms with Gasteiger partial charge in [-0.15, -0.1) is 0 Å². The molecular weight excluding hydrogens is 498 g/mol. The van der Waals surface area contributed by atoms with E-state index in [0.29, 0.717) is 16.4 Å². The van der Waals surface area contributed by atoms with Crippen LogP contribution in [0.2, 0.25) is 0 Å². The summed E-state index contributed by atoms with van der Waals surface area (Å²) >= 11 is -2.86. The molecule has 192 valence electrons. The molecule has 3 aromatic heterocycles. The van der Waals surface area contributed by atoms with Crippen LogP contribution in [-0.4, -0.2) is 34.2 Å². The van der Waals surface area contributed by atoms with Crippen molar-refractivity contribution in [2.75, 3.05) is 4.31 Å². The SMILES string of the molecule is CCCc1nc2c(C)ccnc2n1Cc1ccc(-c2cccnc2N(C(=O)c2ccccc2)S(=O)[O-])cc1. The van der Waals surface area contributed by atoms with Gasteiger partial charge in [0.2, 0.25) is 0 Å². The normalized spacial score (nSPS) is 12.0.